The number of rotatable bonds is 5. The predicted molar refractivity (Wildman–Crippen MR) is 137 cm³/mol. The maximum absolute atomic E-state index is 15.3. The summed E-state index contributed by atoms with van der Waals surface area (Å²) >= 11 is 0. The molecule has 10 nitrogen and oxygen atoms in total. The van der Waals surface area contributed by atoms with Crippen LogP contribution in [0.3, 0.4) is 0 Å². The summed E-state index contributed by atoms with van der Waals surface area (Å²) in [5.41, 5.74) is 6.00. The Bertz CT molecular complexity index is 1460. The number of hydrogen-bond acceptors (Lipinski definition) is 9. The van der Waals surface area contributed by atoms with Gasteiger partial charge in [0.05, 0.1) is 34.5 Å². The lowest BCUT2D eigenvalue weighted by Crippen LogP contribution is -2.45. The molecule has 1 aliphatic carbocycles. The lowest BCUT2D eigenvalue weighted by molar-refractivity contribution is -0.119. The zero-order valence-corrected chi connectivity index (χ0v) is 22.3. The predicted octanol–water partition coefficient (Wildman–Crippen LogP) is 3.54. The van der Waals surface area contributed by atoms with Crippen LogP contribution in [0.1, 0.15) is 57.9 Å². The highest BCUT2D eigenvalue weighted by Crippen LogP contribution is 2.37. The minimum absolute atomic E-state index is 0.0128. The van der Waals surface area contributed by atoms with E-state index in [4.69, 9.17) is 14.9 Å². The van der Waals surface area contributed by atoms with Crippen molar-refractivity contribution in [1.29, 1.82) is 0 Å². The Morgan fingerprint density at radius 1 is 1.18 bits per heavy atom. The zero-order valence-electron chi connectivity index (χ0n) is 21.5. The van der Waals surface area contributed by atoms with Crippen LogP contribution >= 0.6 is 0 Å². The molecule has 2 aliphatic rings. The number of amides is 1. The van der Waals surface area contributed by atoms with Gasteiger partial charge < -0.3 is 19.8 Å². The molecule has 0 unspecified atom stereocenters. The van der Waals surface area contributed by atoms with E-state index in [0.29, 0.717) is 11.4 Å². The SMILES string of the molecule is CC(C)(C)c1nnc(-c2cc3c(cc2F)S(=O)(=O)C[C@H](N)C(=O)N3Cc2ccc(OC3CCCC3)nc2)o1. The van der Waals surface area contributed by atoms with Crippen molar-refractivity contribution in [2.45, 2.75) is 75.5 Å². The summed E-state index contributed by atoms with van der Waals surface area (Å²) < 4.78 is 53.0. The highest BCUT2D eigenvalue weighted by atomic mass is 32.2. The van der Waals surface area contributed by atoms with E-state index in [1.54, 1.807) is 18.3 Å². The van der Waals surface area contributed by atoms with Gasteiger partial charge in [-0.15, -0.1) is 10.2 Å². The normalized spacial score (nSPS) is 19.9. The highest BCUT2D eigenvalue weighted by molar-refractivity contribution is 7.91. The first-order chi connectivity index (χ1) is 17.9. The molecule has 1 amide bonds. The standard InChI is InChI=1S/C26H30FN5O5S/c1-26(2,3)25-31-30-23(37-25)17-10-20-21(11-18(17)27)38(34,35)14-19(28)24(33)32(20)13-15-8-9-22(29-12-15)36-16-6-4-5-7-16/h8-12,16,19H,4-7,13-14,28H2,1-3H3/t19-/m0/s1. The number of benzene rings is 1. The van der Waals surface area contributed by atoms with Crippen molar-refractivity contribution in [1.82, 2.24) is 15.2 Å². The number of nitrogens with zero attached hydrogens (tertiary/aromatic N) is 4. The fraction of sp³-hybridized carbons (Fsp3) is 0.462. The van der Waals surface area contributed by atoms with Crippen LogP contribution in [0.25, 0.3) is 11.5 Å². The summed E-state index contributed by atoms with van der Waals surface area (Å²) in [5.74, 6) is -1.47. The summed E-state index contributed by atoms with van der Waals surface area (Å²) in [6.07, 6.45) is 5.96. The fourth-order valence-electron chi connectivity index (χ4n) is 4.62. The van der Waals surface area contributed by atoms with Crippen molar-refractivity contribution in [2.75, 3.05) is 10.7 Å². The molecule has 202 valence electrons. The van der Waals surface area contributed by atoms with Gasteiger partial charge in [-0.25, -0.2) is 17.8 Å². The molecule has 0 spiro atoms. The van der Waals surface area contributed by atoms with Gasteiger partial charge in [0.15, 0.2) is 9.84 Å². The summed E-state index contributed by atoms with van der Waals surface area (Å²) in [5, 5.41) is 7.96. The minimum Gasteiger partial charge on any atom is -0.474 e. The fourth-order valence-corrected chi connectivity index (χ4v) is 6.18. The monoisotopic (exact) mass is 543 g/mol. The van der Waals surface area contributed by atoms with Crippen LogP contribution in [0.15, 0.2) is 39.8 Å². The third-order valence-electron chi connectivity index (χ3n) is 6.68. The average molecular weight is 544 g/mol. The molecular formula is C26H30FN5O5S. The van der Waals surface area contributed by atoms with Crippen LogP contribution in [0.4, 0.5) is 10.1 Å². The van der Waals surface area contributed by atoms with Gasteiger partial charge in [-0.05, 0) is 43.4 Å². The Labute approximate surface area is 220 Å². The van der Waals surface area contributed by atoms with Crippen molar-refractivity contribution in [3.8, 4) is 17.3 Å². The Kier molecular flexibility index (Phi) is 6.72. The number of nitrogens with two attached hydrogens (primary N) is 1. The molecule has 12 heteroatoms. The number of sulfone groups is 1. The number of ether oxygens (including phenoxy) is 1. The van der Waals surface area contributed by atoms with Crippen LogP contribution < -0.4 is 15.4 Å². The largest absolute Gasteiger partial charge is 0.474 e. The molecule has 2 N–H and O–H groups in total. The number of aromatic nitrogens is 3. The van der Waals surface area contributed by atoms with Crippen molar-refractivity contribution in [3.05, 3.63) is 47.7 Å². The number of fused-ring (bicyclic) bond motifs is 1. The van der Waals surface area contributed by atoms with E-state index in [9.17, 15) is 13.2 Å². The molecule has 2 aromatic heterocycles. The second kappa shape index (κ2) is 9.73. The minimum atomic E-state index is -4.08. The average Bonchev–Trinajstić information content (AvgIpc) is 3.54. The Balaban J connectivity index is 1.53. The second-order valence-electron chi connectivity index (χ2n) is 10.8. The molecular weight excluding hydrogens is 513 g/mol. The van der Waals surface area contributed by atoms with Crippen molar-refractivity contribution in [3.63, 3.8) is 0 Å². The van der Waals surface area contributed by atoms with Crippen molar-refractivity contribution < 1.29 is 26.8 Å². The van der Waals surface area contributed by atoms with E-state index < -0.39 is 38.8 Å². The number of pyridine rings is 1. The molecule has 1 saturated carbocycles. The Hall–Kier alpha value is -3.38. The van der Waals surface area contributed by atoms with E-state index >= 15 is 4.39 Å². The lowest BCUT2D eigenvalue weighted by Gasteiger charge is -2.24. The lowest BCUT2D eigenvalue weighted by atomic mass is 9.97. The van der Waals surface area contributed by atoms with E-state index in [-0.39, 0.29) is 40.6 Å². The molecule has 1 aliphatic heterocycles. The summed E-state index contributed by atoms with van der Waals surface area (Å²) in [6, 6.07) is 4.29. The van der Waals surface area contributed by atoms with E-state index in [0.717, 1.165) is 31.7 Å². The van der Waals surface area contributed by atoms with Gasteiger partial charge in [-0.3, -0.25) is 4.79 Å². The van der Waals surface area contributed by atoms with E-state index in [2.05, 4.69) is 15.2 Å². The first-order valence-corrected chi connectivity index (χ1v) is 14.2. The van der Waals surface area contributed by atoms with Gasteiger partial charge in [-0.2, -0.15) is 0 Å². The summed E-state index contributed by atoms with van der Waals surface area (Å²) in [4.78, 5) is 18.6. The first kappa shape index (κ1) is 26.2. The molecule has 3 aromatic rings. The Morgan fingerprint density at radius 3 is 2.55 bits per heavy atom. The molecule has 1 fully saturated rings. The number of carbonyl (C=O) groups excluding carboxylic acids is 1. The van der Waals surface area contributed by atoms with Crippen molar-refractivity contribution >= 4 is 21.4 Å². The van der Waals surface area contributed by atoms with Gasteiger partial charge >= 0.3 is 0 Å². The van der Waals surface area contributed by atoms with Gasteiger partial charge in [0, 0.05) is 17.7 Å². The topological polar surface area (TPSA) is 142 Å². The summed E-state index contributed by atoms with van der Waals surface area (Å²) in [7, 11) is -4.08. The van der Waals surface area contributed by atoms with Crippen LogP contribution in [-0.4, -0.2) is 47.4 Å². The third kappa shape index (κ3) is 5.14. The molecule has 1 atom stereocenters. The van der Waals surface area contributed by atoms with Gasteiger partial charge in [0.2, 0.25) is 17.7 Å². The summed E-state index contributed by atoms with van der Waals surface area (Å²) in [6.45, 7) is 5.56. The molecule has 0 saturated heterocycles. The number of anilines is 1. The van der Waals surface area contributed by atoms with Gasteiger partial charge in [0.25, 0.3) is 5.89 Å². The maximum atomic E-state index is 15.3. The molecule has 38 heavy (non-hydrogen) atoms. The maximum Gasteiger partial charge on any atom is 0.250 e. The van der Waals surface area contributed by atoms with Crippen LogP contribution in [0.5, 0.6) is 5.88 Å². The smallest absolute Gasteiger partial charge is 0.250 e. The van der Waals surface area contributed by atoms with Gasteiger partial charge in [0.1, 0.15) is 11.9 Å². The third-order valence-corrected chi connectivity index (χ3v) is 8.48. The zero-order chi connectivity index (χ0) is 27.2. The quantitative estimate of drug-likeness (QED) is 0.511. The molecule has 0 radical (unpaired) electrons. The number of halogens is 1. The highest BCUT2D eigenvalue weighted by Gasteiger charge is 2.38. The molecule has 5 rings (SSSR count). The van der Waals surface area contributed by atoms with Crippen LogP contribution in [0, 0.1) is 5.82 Å². The van der Waals surface area contributed by atoms with E-state index in [1.807, 2.05) is 20.8 Å². The number of carbonyl (C=O) groups is 1. The van der Waals surface area contributed by atoms with Crippen molar-refractivity contribution in [2.24, 2.45) is 5.73 Å². The molecule has 3 heterocycles. The first-order valence-electron chi connectivity index (χ1n) is 12.5. The molecule has 0 bridgehead atoms. The van der Waals surface area contributed by atoms with E-state index in [1.165, 1.54) is 11.0 Å². The molecule has 1 aromatic carbocycles. The second-order valence-corrected chi connectivity index (χ2v) is 12.8. The number of hydrogen-bond donors (Lipinski definition) is 1. The Morgan fingerprint density at radius 2 is 1.92 bits per heavy atom. The van der Waals surface area contributed by atoms with Gasteiger partial charge in [-0.1, -0.05) is 26.8 Å². The van der Waals surface area contributed by atoms with Crippen LogP contribution in [-0.2, 0) is 26.6 Å². The van der Waals surface area contributed by atoms with Crippen LogP contribution in [0.2, 0.25) is 0 Å².